The van der Waals surface area contributed by atoms with E-state index in [1.54, 1.807) is 0 Å². The molecule has 3 heteroatoms. The highest BCUT2D eigenvalue weighted by Gasteiger charge is 2.50. The lowest BCUT2D eigenvalue weighted by molar-refractivity contribution is -0.124. The van der Waals surface area contributed by atoms with E-state index in [4.69, 9.17) is 4.84 Å². The van der Waals surface area contributed by atoms with Crippen LogP contribution in [-0.2, 0) is 4.84 Å². The first-order valence-corrected chi connectivity index (χ1v) is 5.49. The van der Waals surface area contributed by atoms with Crippen LogP contribution in [0.2, 0.25) is 0 Å². The summed E-state index contributed by atoms with van der Waals surface area (Å²) in [6, 6.07) is 0. The lowest BCUT2D eigenvalue weighted by Gasteiger charge is -2.37. The molecule has 0 bridgehead atoms. The molecule has 0 spiro atoms. The van der Waals surface area contributed by atoms with Crippen LogP contribution in [-0.4, -0.2) is 23.0 Å². The standard InChI is InChI=1S/C12H23NO2/c1-10(2,3)9-7-12(8-14,15-13-9)11(4,5)6/h14H,7-8H2,1-6H3. The molecule has 0 aromatic heterocycles. The number of hydrogen-bond donors (Lipinski definition) is 1. The van der Waals surface area contributed by atoms with Crippen LogP contribution in [0.25, 0.3) is 0 Å². The Morgan fingerprint density at radius 2 is 1.80 bits per heavy atom. The average molecular weight is 213 g/mol. The Morgan fingerprint density at radius 1 is 1.27 bits per heavy atom. The number of nitrogens with zero attached hydrogens (tertiary/aromatic N) is 1. The monoisotopic (exact) mass is 213 g/mol. The third-order valence-electron chi connectivity index (χ3n) is 3.27. The van der Waals surface area contributed by atoms with Crippen LogP contribution in [0.3, 0.4) is 0 Å². The van der Waals surface area contributed by atoms with Crippen LogP contribution in [0, 0.1) is 10.8 Å². The van der Waals surface area contributed by atoms with Gasteiger partial charge in [0, 0.05) is 17.3 Å². The number of aliphatic hydroxyl groups is 1. The summed E-state index contributed by atoms with van der Waals surface area (Å²) in [4.78, 5) is 5.53. The Kier molecular flexibility index (Phi) is 2.90. The summed E-state index contributed by atoms with van der Waals surface area (Å²) in [6.45, 7) is 12.6. The fraction of sp³-hybridized carbons (Fsp3) is 0.917. The van der Waals surface area contributed by atoms with Crippen LogP contribution in [0.4, 0.5) is 0 Å². The minimum atomic E-state index is -0.546. The van der Waals surface area contributed by atoms with Crippen molar-refractivity contribution in [3.8, 4) is 0 Å². The molecule has 0 fully saturated rings. The van der Waals surface area contributed by atoms with Crippen LogP contribution in [0.5, 0.6) is 0 Å². The number of rotatable bonds is 1. The lowest BCUT2D eigenvalue weighted by Crippen LogP contribution is -2.47. The molecular formula is C12H23NO2. The van der Waals surface area contributed by atoms with Crippen LogP contribution in [0.15, 0.2) is 5.16 Å². The predicted molar refractivity (Wildman–Crippen MR) is 61.9 cm³/mol. The average Bonchev–Trinajstić information content (AvgIpc) is 2.46. The normalized spacial score (nSPS) is 27.5. The minimum absolute atomic E-state index is 0.0135. The molecule has 0 saturated carbocycles. The lowest BCUT2D eigenvalue weighted by atomic mass is 9.71. The first kappa shape index (κ1) is 12.5. The molecule has 0 amide bonds. The van der Waals surface area contributed by atoms with Crippen LogP contribution < -0.4 is 0 Å². The molecule has 3 nitrogen and oxygen atoms in total. The highest BCUT2D eigenvalue weighted by Crippen LogP contribution is 2.42. The van der Waals surface area contributed by atoms with Crippen molar-refractivity contribution < 1.29 is 9.94 Å². The smallest absolute Gasteiger partial charge is 0.170 e. The van der Waals surface area contributed by atoms with E-state index in [2.05, 4.69) is 46.7 Å². The summed E-state index contributed by atoms with van der Waals surface area (Å²) >= 11 is 0. The number of aliphatic hydroxyl groups excluding tert-OH is 1. The zero-order chi connectivity index (χ0) is 11.9. The van der Waals surface area contributed by atoms with Crippen LogP contribution >= 0.6 is 0 Å². The molecule has 0 aromatic carbocycles. The second-order valence-corrected chi connectivity index (χ2v) is 6.46. The summed E-state index contributed by atoms with van der Waals surface area (Å²) < 4.78 is 0. The van der Waals surface area contributed by atoms with Crippen molar-refractivity contribution in [2.75, 3.05) is 6.61 Å². The van der Waals surface area contributed by atoms with E-state index >= 15 is 0 Å². The van der Waals surface area contributed by atoms with E-state index in [1.807, 2.05) is 0 Å². The highest BCUT2D eigenvalue weighted by atomic mass is 16.7. The Labute approximate surface area is 92.5 Å². The van der Waals surface area contributed by atoms with Gasteiger partial charge in [0.25, 0.3) is 0 Å². The van der Waals surface area contributed by atoms with Crippen molar-refractivity contribution >= 4 is 5.71 Å². The molecule has 0 aliphatic carbocycles. The molecule has 1 atom stereocenters. The van der Waals surface area contributed by atoms with E-state index in [0.717, 1.165) is 12.1 Å². The van der Waals surface area contributed by atoms with E-state index in [-0.39, 0.29) is 17.4 Å². The zero-order valence-electron chi connectivity index (χ0n) is 10.7. The van der Waals surface area contributed by atoms with Gasteiger partial charge < -0.3 is 9.94 Å². The molecule has 0 radical (unpaired) electrons. The van der Waals surface area contributed by atoms with Gasteiger partial charge in [-0.1, -0.05) is 46.7 Å². The maximum atomic E-state index is 9.54. The van der Waals surface area contributed by atoms with Crippen LogP contribution in [0.1, 0.15) is 48.0 Å². The first-order valence-electron chi connectivity index (χ1n) is 5.49. The van der Waals surface area contributed by atoms with Crippen molar-refractivity contribution in [3.05, 3.63) is 0 Å². The summed E-state index contributed by atoms with van der Waals surface area (Å²) in [5.74, 6) is 0. The summed E-state index contributed by atoms with van der Waals surface area (Å²) in [5.41, 5.74) is 0.391. The van der Waals surface area contributed by atoms with E-state index in [9.17, 15) is 5.11 Å². The fourth-order valence-electron chi connectivity index (χ4n) is 1.60. The van der Waals surface area contributed by atoms with Gasteiger partial charge in [0.2, 0.25) is 0 Å². The first-order chi connectivity index (χ1) is 6.62. The summed E-state index contributed by atoms with van der Waals surface area (Å²) in [5, 5.41) is 13.7. The summed E-state index contributed by atoms with van der Waals surface area (Å²) in [7, 11) is 0. The van der Waals surface area contributed by atoms with Gasteiger partial charge >= 0.3 is 0 Å². The topological polar surface area (TPSA) is 41.8 Å². The Bertz CT molecular complexity index is 270. The quantitative estimate of drug-likeness (QED) is 0.727. The Hall–Kier alpha value is -0.570. The Balaban J connectivity index is 2.89. The van der Waals surface area contributed by atoms with Gasteiger partial charge in [-0.15, -0.1) is 0 Å². The molecule has 0 saturated heterocycles. The molecule has 1 aliphatic heterocycles. The molecule has 1 heterocycles. The zero-order valence-corrected chi connectivity index (χ0v) is 10.7. The van der Waals surface area contributed by atoms with Crippen molar-refractivity contribution in [1.82, 2.24) is 0 Å². The third kappa shape index (κ3) is 2.17. The number of oxime groups is 1. The minimum Gasteiger partial charge on any atom is -0.392 e. The molecule has 0 aromatic rings. The molecule has 88 valence electrons. The van der Waals surface area contributed by atoms with Gasteiger partial charge in [-0.25, -0.2) is 0 Å². The van der Waals surface area contributed by atoms with Gasteiger partial charge in [-0.05, 0) is 0 Å². The Morgan fingerprint density at radius 3 is 2.00 bits per heavy atom. The van der Waals surface area contributed by atoms with Gasteiger partial charge in [0.05, 0.1) is 12.3 Å². The molecule has 1 unspecified atom stereocenters. The molecule has 1 rings (SSSR count). The summed E-state index contributed by atoms with van der Waals surface area (Å²) in [6.07, 6.45) is 0.719. The van der Waals surface area contributed by atoms with Crippen molar-refractivity contribution in [1.29, 1.82) is 0 Å². The second-order valence-electron chi connectivity index (χ2n) is 6.46. The third-order valence-corrected chi connectivity index (χ3v) is 3.27. The van der Waals surface area contributed by atoms with Crippen molar-refractivity contribution in [2.24, 2.45) is 16.0 Å². The second kappa shape index (κ2) is 3.48. The van der Waals surface area contributed by atoms with E-state index in [1.165, 1.54) is 0 Å². The van der Waals surface area contributed by atoms with Gasteiger partial charge in [-0.2, -0.15) is 0 Å². The van der Waals surface area contributed by atoms with E-state index < -0.39 is 5.60 Å². The fourth-order valence-corrected chi connectivity index (χ4v) is 1.60. The SMILES string of the molecule is CC(C)(C)C1=NOC(CO)(C(C)(C)C)C1. The van der Waals surface area contributed by atoms with Gasteiger partial charge in [0.15, 0.2) is 5.60 Å². The maximum Gasteiger partial charge on any atom is 0.170 e. The largest absolute Gasteiger partial charge is 0.392 e. The maximum absolute atomic E-state index is 9.54. The van der Waals surface area contributed by atoms with Crippen molar-refractivity contribution in [3.63, 3.8) is 0 Å². The van der Waals surface area contributed by atoms with E-state index in [0.29, 0.717) is 0 Å². The molecule has 1 aliphatic rings. The van der Waals surface area contributed by atoms with Crippen molar-refractivity contribution in [2.45, 2.75) is 53.6 Å². The molecule has 1 N–H and O–H groups in total. The van der Waals surface area contributed by atoms with Gasteiger partial charge in [-0.3, -0.25) is 0 Å². The molecular weight excluding hydrogens is 190 g/mol. The molecule has 15 heavy (non-hydrogen) atoms. The predicted octanol–water partition coefficient (Wildman–Crippen LogP) is 2.59. The number of hydrogen-bond acceptors (Lipinski definition) is 3. The highest BCUT2D eigenvalue weighted by molar-refractivity contribution is 5.90. The van der Waals surface area contributed by atoms with Gasteiger partial charge in [0.1, 0.15) is 0 Å².